The second kappa shape index (κ2) is 7.20. The number of piperazine rings is 1. The highest BCUT2D eigenvalue weighted by Crippen LogP contribution is 2.39. The quantitative estimate of drug-likeness (QED) is 0.754. The average Bonchev–Trinajstić information content (AvgIpc) is 3.28. The fourth-order valence-electron chi connectivity index (χ4n) is 3.89. The Hall–Kier alpha value is -2.00. The zero-order chi connectivity index (χ0) is 19.0. The summed E-state index contributed by atoms with van der Waals surface area (Å²) in [5.74, 6) is -1.54. The first-order valence-electron chi connectivity index (χ1n) is 9.50. The molecule has 1 aromatic rings. The summed E-state index contributed by atoms with van der Waals surface area (Å²) in [6, 6.07) is 0.221. The van der Waals surface area contributed by atoms with Gasteiger partial charge in [0.25, 0.3) is 5.88 Å². The number of halogens is 1. The lowest BCUT2D eigenvalue weighted by Crippen LogP contribution is -2.53. The number of nitrogens with one attached hydrogen (secondary N) is 1. The molecular weight excluding hydrogens is 353 g/mol. The van der Waals surface area contributed by atoms with Gasteiger partial charge in [-0.15, -0.1) is 0 Å². The van der Waals surface area contributed by atoms with Gasteiger partial charge in [-0.1, -0.05) is 0 Å². The molecule has 8 nitrogen and oxygen atoms in total. The van der Waals surface area contributed by atoms with E-state index < -0.39 is 11.8 Å². The standard InChI is InChI=1S/C18H26FN5O3/c1-23-8-3-4-12(23)10-27-16-13(19)15(21-14(22-16)17(25)26-2)24-9-7-20-18(11-24)5-6-18/h12,20H,3-11H2,1-2H3/t12-/m0/s1. The van der Waals surface area contributed by atoms with Crippen LogP contribution < -0.4 is 15.0 Å². The third-order valence-electron chi connectivity index (χ3n) is 5.78. The van der Waals surface area contributed by atoms with E-state index in [1.54, 1.807) is 0 Å². The van der Waals surface area contributed by atoms with Crippen LogP contribution in [0.4, 0.5) is 10.2 Å². The molecule has 0 amide bonds. The Kier molecular flexibility index (Phi) is 4.90. The molecule has 1 atom stereocenters. The van der Waals surface area contributed by atoms with Crippen molar-refractivity contribution in [1.82, 2.24) is 20.2 Å². The SMILES string of the molecule is COC(=O)c1nc(OC[C@@H]2CCCN2C)c(F)c(N2CCNC3(CC3)C2)n1. The second-order valence-corrected chi connectivity index (χ2v) is 7.70. The van der Waals surface area contributed by atoms with E-state index in [2.05, 4.69) is 20.2 Å². The number of likely N-dealkylation sites (tertiary alicyclic amines) is 1. The van der Waals surface area contributed by atoms with Crippen molar-refractivity contribution in [1.29, 1.82) is 0 Å². The van der Waals surface area contributed by atoms with Gasteiger partial charge in [0.05, 0.1) is 7.11 Å². The van der Waals surface area contributed by atoms with Crippen LogP contribution in [0.3, 0.4) is 0 Å². The smallest absolute Gasteiger partial charge is 0.376 e. The third kappa shape index (κ3) is 3.70. The second-order valence-electron chi connectivity index (χ2n) is 7.70. The van der Waals surface area contributed by atoms with Crippen LogP contribution in [0.5, 0.6) is 5.88 Å². The molecule has 2 aliphatic heterocycles. The van der Waals surface area contributed by atoms with Crippen molar-refractivity contribution in [3.8, 4) is 5.88 Å². The zero-order valence-corrected chi connectivity index (χ0v) is 15.8. The Morgan fingerprint density at radius 3 is 2.85 bits per heavy atom. The molecule has 1 N–H and O–H groups in total. The molecule has 1 aromatic heterocycles. The van der Waals surface area contributed by atoms with Crippen molar-refractivity contribution < 1.29 is 18.7 Å². The molecule has 3 heterocycles. The van der Waals surface area contributed by atoms with Gasteiger partial charge >= 0.3 is 5.97 Å². The maximum absolute atomic E-state index is 15.2. The molecule has 0 aromatic carbocycles. The van der Waals surface area contributed by atoms with Crippen LogP contribution in [0.15, 0.2) is 0 Å². The number of aromatic nitrogens is 2. The molecule has 2 saturated heterocycles. The van der Waals surface area contributed by atoms with E-state index in [0.717, 1.165) is 38.8 Å². The number of hydrogen-bond acceptors (Lipinski definition) is 8. The summed E-state index contributed by atoms with van der Waals surface area (Å²) in [7, 11) is 3.28. The van der Waals surface area contributed by atoms with Crippen LogP contribution in [0.25, 0.3) is 0 Å². The number of likely N-dealkylation sites (N-methyl/N-ethyl adjacent to an activating group) is 1. The molecule has 3 aliphatic rings. The maximum Gasteiger partial charge on any atom is 0.376 e. The fraction of sp³-hybridized carbons (Fsp3) is 0.722. The lowest BCUT2D eigenvalue weighted by molar-refractivity contribution is 0.0584. The number of carbonyl (C=O) groups is 1. The van der Waals surface area contributed by atoms with E-state index in [0.29, 0.717) is 19.7 Å². The number of esters is 1. The molecule has 27 heavy (non-hydrogen) atoms. The Balaban J connectivity index is 1.60. The number of hydrogen-bond donors (Lipinski definition) is 1. The molecule has 1 saturated carbocycles. The maximum atomic E-state index is 15.2. The largest absolute Gasteiger partial charge is 0.474 e. The van der Waals surface area contributed by atoms with Gasteiger partial charge in [0.15, 0.2) is 5.82 Å². The number of carbonyl (C=O) groups excluding carboxylic acids is 1. The lowest BCUT2D eigenvalue weighted by Gasteiger charge is -2.35. The molecule has 148 valence electrons. The molecule has 0 bridgehead atoms. The lowest BCUT2D eigenvalue weighted by atomic mass is 10.2. The first-order valence-corrected chi connectivity index (χ1v) is 9.50. The zero-order valence-electron chi connectivity index (χ0n) is 15.8. The summed E-state index contributed by atoms with van der Waals surface area (Å²) >= 11 is 0. The van der Waals surface area contributed by atoms with Gasteiger partial charge < -0.3 is 24.6 Å². The molecule has 0 unspecified atom stereocenters. The monoisotopic (exact) mass is 379 g/mol. The van der Waals surface area contributed by atoms with Gasteiger partial charge in [-0.3, -0.25) is 0 Å². The van der Waals surface area contributed by atoms with E-state index in [1.807, 2.05) is 11.9 Å². The van der Waals surface area contributed by atoms with Crippen LogP contribution in [0.1, 0.15) is 36.3 Å². The third-order valence-corrected chi connectivity index (χ3v) is 5.78. The summed E-state index contributed by atoms with van der Waals surface area (Å²) < 4.78 is 25.6. The minimum atomic E-state index is -0.699. The van der Waals surface area contributed by atoms with Crippen LogP contribution in [0, 0.1) is 5.82 Å². The summed E-state index contributed by atoms with van der Waals surface area (Å²) in [4.78, 5) is 24.2. The minimum absolute atomic E-state index is 0.0502. The molecule has 3 fully saturated rings. The highest BCUT2D eigenvalue weighted by Gasteiger charge is 2.46. The van der Waals surface area contributed by atoms with E-state index in [1.165, 1.54) is 7.11 Å². The van der Waals surface area contributed by atoms with Crippen molar-refractivity contribution >= 4 is 11.8 Å². The van der Waals surface area contributed by atoms with Crippen LogP contribution in [-0.4, -0.2) is 79.4 Å². The topological polar surface area (TPSA) is 79.8 Å². The Morgan fingerprint density at radius 2 is 2.19 bits per heavy atom. The first kappa shape index (κ1) is 18.4. The predicted octanol–water partition coefficient (Wildman–Crippen LogP) is 0.818. The van der Waals surface area contributed by atoms with Crippen molar-refractivity contribution in [3.05, 3.63) is 11.6 Å². The van der Waals surface area contributed by atoms with Gasteiger partial charge in [0.2, 0.25) is 11.6 Å². The van der Waals surface area contributed by atoms with Crippen LogP contribution >= 0.6 is 0 Å². The first-order chi connectivity index (χ1) is 13.0. The Labute approximate surface area is 158 Å². The predicted molar refractivity (Wildman–Crippen MR) is 96.7 cm³/mol. The van der Waals surface area contributed by atoms with Crippen LogP contribution in [-0.2, 0) is 4.74 Å². The van der Waals surface area contributed by atoms with Crippen molar-refractivity contribution in [2.24, 2.45) is 0 Å². The van der Waals surface area contributed by atoms with Crippen molar-refractivity contribution in [3.63, 3.8) is 0 Å². The number of ether oxygens (including phenoxy) is 2. The van der Waals surface area contributed by atoms with Crippen molar-refractivity contribution in [2.45, 2.75) is 37.3 Å². The molecule has 0 radical (unpaired) electrons. The number of methoxy groups -OCH3 is 1. The van der Waals surface area contributed by atoms with Crippen LogP contribution in [0.2, 0.25) is 0 Å². The van der Waals surface area contributed by atoms with E-state index in [4.69, 9.17) is 9.47 Å². The van der Waals surface area contributed by atoms with E-state index >= 15 is 4.39 Å². The number of anilines is 1. The summed E-state index contributed by atoms with van der Waals surface area (Å²) in [6.45, 7) is 3.35. The number of rotatable bonds is 5. The average molecular weight is 379 g/mol. The van der Waals surface area contributed by atoms with Gasteiger partial charge in [-0.05, 0) is 39.3 Å². The van der Waals surface area contributed by atoms with E-state index in [9.17, 15) is 4.79 Å². The minimum Gasteiger partial charge on any atom is -0.474 e. The Bertz CT molecular complexity index is 727. The molecule has 4 rings (SSSR count). The molecule has 1 aliphatic carbocycles. The van der Waals surface area contributed by atoms with Crippen molar-refractivity contribution in [2.75, 3.05) is 51.8 Å². The van der Waals surface area contributed by atoms with Gasteiger partial charge in [-0.2, -0.15) is 9.37 Å². The highest BCUT2D eigenvalue weighted by atomic mass is 19.1. The molecular formula is C18H26FN5O3. The summed E-state index contributed by atoms with van der Waals surface area (Å²) in [6.07, 6.45) is 4.23. The number of nitrogens with zero attached hydrogens (tertiary/aromatic N) is 4. The fourth-order valence-corrected chi connectivity index (χ4v) is 3.89. The van der Waals surface area contributed by atoms with Gasteiger partial charge in [0, 0.05) is 31.2 Å². The normalized spacial score (nSPS) is 24.3. The van der Waals surface area contributed by atoms with E-state index in [-0.39, 0.29) is 29.1 Å². The highest BCUT2D eigenvalue weighted by molar-refractivity contribution is 5.85. The molecule has 1 spiro atoms. The van der Waals surface area contributed by atoms with Gasteiger partial charge in [-0.25, -0.2) is 9.78 Å². The summed E-state index contributed by atoms with van der Waals surface area (Å²) in [5, 5.41) is 3.48. The summed E-state index contributed by atoms with van der Waals surface area (Å²) in [5.41, 5.74) is 0.0502. The van der Waals surface area contributed by atoms with Gasteiger partial charge in [0.1, 0.15) is 6.61 Å². The Morgan fingerprint density at radius 1 is 1.37 bits per heavy atom. The molecule has 9 heteroatoms.